The van der Waals surface area contributed by atoms with Gasteiger partial charge in [0.2, 0.25) is 5.43 Å². The topological polar surface area (TPSA) is 79.4 Å². The van der Waals surface area contributed by atoms with Crippen LogP contribution in [0.25, 0.3) is 10.9 Å². The molecule has 0 spiro atoms. The number of pyridine rings is 1. The summed E-state index contributed by atoms with van der Waals surface area (Å²) >= 11 is 0. The zero-order chi connectivity index (χ0) is 18.9. The predicted octanol–water partition coefficient (Wildman–Crippen LogP) is 3.82. The average molecular weight is 363 g/mol. The number of aromatic amines is 1. The van der Waals surface area contributed by atoms with Gasteiger partial charge in [-0.05, 0) is 24.3 Å². The number of ether oxygens (including phenoxy) is 1. The van der Waals surface area contributed by atoms with Crippen molar-refractivity contribution >= 4 is 16.9 Å². The third-order valence-corrected chi connectivity index (χ3v) is 3.80. The number of alkyl halides is 3. The maximum atomic E-state index is 13.0. The highest BCUT2D eigenvalue weighted by molar-refractivity contribution is 5.92. The number of hydrogen-bond donors (Lipinski definition) is 2. The molecule has 0 aliphatic rings. The zero-order valence-electron chi connectivity index (χ0n) is 13.1. The molecule has 0 unspecified atom stereocenters. The molecule has 134 valence electrons. The van der Waals surface area contributed by atoms with Crippen molar-refractivity contribution < 1.29 is 27.8 Å². The van der Waals surface area contributed by atoms with Crippen molar-refractivity contribution in [1.82, 2.24) is 4.98 Å². The largest absolute Gasteiger partial charge is 0.489 e. The highest BCUT2D eigenvalue weighted by atomic mass is 19.4. The van der Waals surface area contributed by atoms with Gasteiger partial charge in [-0.15, -0.1) is 0 Å². The number of aromatic nitrogens is 1. The third kappa shape index (κ3) is 3.39. The van der Waals surface area contributed by atoms with Crippen LogP contribution in [0.1, 0.15) is 21.5 Å². The van der Waals surface area contributed by atoms with Crippen LogP contribution in [-0.4, -0.2) is 16.1 Å². The first-order chi connectivity index (χ1) is 12.3. The van der Waals surface area contributed by atoms with E-state index in [4.69, 9.17) is 9.84 Å². The Morgan fingerprint density at radius 1 is 1.15 bits per heavy atom. The summed E-state index contributed by atoms with van der Waals surface area (Å²) in [5.74, 6) is -1.22. The molecule has 5 nitrogen and oxygen atoms in total. The first kappa shape index (κ1) is 17.5. The number of benzene rings is 2. The lowest BCUT2D eigenvalue weighted by molar-refractivity contribution is -0.138. The van der Waals surface area contributed by atoms with Crippen molar-refractivity contribution in [3.63, 3.8) is 0 Å². The number of carbonyl (C=O) groups is 1. The van der Waals surface area contributed by atoms with Crippen LogP contribution in [0, 0.1) is 0 Å². The molecule has 2 aromatic carbocycles. The minimum absolute atomic E-state index is 0.0479. The first-order valence-electron chi connectivity index (χ1n) is 7.44. The summed E-state index contributed by atoms with van der Waals surface area (Å²) in [4.78, 5) is 25.9. The lowest BCUT2D eigenvalue weighted by Gasteiger charge is -2.13. The van der Waals surface area contributed by atoms with Gasteiger partial charge in [0.15, 0.2) is 0 Å². The molecular formula is C18H12F3NO4. The molecule has 8 heteroatoms. The van der Waals surface area contributed by atoms with Gasteiger partial charge in [0, 0.05) is 17.3 Å². The van der Waals surface area contributed by atoms with E-state index in [0.29, 0.717) is 5.52 Å². The smallest absolute Gasteiger partial charge is 0.416 e. The van der Waals surface area contributed by atoms with Crippen molar-refractivity contribution in [2.24, 2.45) is 0 Å². The second-order valence-corrected chi connectivity index (χ2v) is 5.49. The predicted molar refractivity (Wildman–Crippen MR) is 87.3 cm³/mol. The van der Waals surface area contributed by atoms with E-state index in [1.165, 1.54) is 36.4 Å². The maximum absolute atomic E-state index is 13.0. The molecule has 0 amide bonds. The Balaban J connectivity index is 1.92. The molecule has 3 rings (SSSR count). The Morgan fingerprint density at radius 2 is 1.88 bits per heavy atom. The molecule has 0 fully saturated rings. The van der Waals surface area contributed by atoms with Gasteiger partial charge in [-0.3, -0.25) is 4.79 Å². The summed E-state index contributed by atoms with van der Waals surface area (Å²) in [6, 6.07) is 9.30. The summed E-state index contributed by atoms with van der Waals surface area (Å²) in [5, 5.41) is 9.07. The third-order valence-electron chi connectivity index (χ3n) is 3.80. The van der Waals surface area contributed by atoms with Crippen LogP contribution in [-0.2, 0) is 12.8 Å². The highest BCUT2D eigenvalue weighted by Crippen LogP contribution is 2.32. The van der Waals surface area contributed by atoms with Gasteiger partial charge in [-0.1, -0.05) is 18.2 Å². The van der Waals surface area contributed by atoms with Crippen molar-refractivity contribution in [1.29, 1.82) is 0 Å². The molecular weight excluding hydrogens is 351 g/mol. The molecule has 1 aromatic heterocycles. The van der Waals surface area contributed by atoms with Crippen molar-refractivity contribution in [3.05, 3.63) is 75.6 Å². The van der Waals surface area contributed by atoms with E-state index >= 15 is 0 Å². The molecule has 0 atom stereocenters. The van der Waals surface area contributed by atoms with Crippen LogP contribution in [0.5, 0.6) is 5.75 Å². The van der Waals surface area contributed by atoms with Gasteiger partial charge < -0.3 is 14.8 Å². The molecule has 0 radical (unpaired) electrons. The van der Waals surface area contributed by atoms with Gasteiger partial charge in [-0.2, -0.15) is 13.2 Å². The fraction of sp³-hybridized carbons (Fsp3) is 0.111. The monoisotopic (exact) mass is 363 g/mol. The molecule has 0 saturated carbocycles. The minimum Gasteiger partial charge on any atom is -0.489 e. The molecule has 3 aromatic rings. The van der Waals surface area contributed by atoms with Crippen LogP contribution < -0.4 is 10.2 Å². The number of hydrogen-bond acceptors (Lipinski definition) is 3. The van der Waals surface area contributed by atoms with E-state index < -0.39 is 28.7 Å². The van der Waals surface area contributed by atoms with E-state index in [1.807, 2.05) is 0 Å². The number of rotatable bonds is 4. The molecule has 0 bridgehead atoms. The quantitative estimate of drug-likeness (QED) is 0.739. The fourth-order valence-electron chi connectivity index (χ4n) is 2.53. The lowest BCUT2D eigenvalue weighted by atomic mass is 10.1. The normalized spacial score (nSPS) is 11.5. The van der Waals surface area contributed by atoms with Gasteiger partial charge in [0.05, 0.1) is 10.9 Å². The van der Waals surface area contributed by atoms with Crippen molar-refractivity contribution in [3.8, 4) is 5.75 Å². The molecule has 0 aliphatic heterocycles. The summed E-state index contributed by atoms with van der Waals surface area (Å²) in [7, 11) is 0. The number of nitrogens with one attached hydrogen (secondary N) is 1. The second-order valence-electron chi connectivity index (χ2n) is 5.49. The zero-order valence-corrected chi connectivity index (χ0v) is 13.1. The van der Waals surface area contributed by atoms with Crippen LogP contribution in [0.2, 0.25) is 0 Å². The van der Waals surface area contributed by atoms with Gasteiger partial charge in [-0.25, -0.2) is 4.79 Å². The standard InChI is InChI=1S/C18H12F3NO4/c19-18(20,21)14-4-2-1-3-10(14)9-26-11-5-6-15-12(7-11)16(23)13(8-22-15)17(24)25/h1-8H,9H2,(H,22,23)(H,24,25). The van der Waals surface area contributed by atoms with E-state index in [1.54, 1.807) is 0 Å². The SMILES string of the molecule is O=C(O)c1c[nH]c2ccc(OCc3ccccc3C(F)(F)F)cc2c1=O. The first-order valence-corrected chi connectivity index (χ1v) is 7.44. The second kappa shape index (κ2) is 6.55. The van der Waals surface area contributed by atoms with Crippen molar-refractivity contribution in [2.45, 2.75) is 12.8 Å². The lowest BCUT2D eigenvalue weighted by Crippen LogP contribution is -2.15. The molecule has 1 heterocycles. The summed E-state index contributed by atoms with van der Waals surface area (Å²) in [6.45, 7) is -0.349. The van der Waals surface area contributed by atoms with Crippen LogP contribution >= 0.6 is 0 Å². The Bertz CT molecular complexity index is 1040. The van der Waals surface area contributed by atoms with E-state index in [0.717, 1.165) is 12.3 Å². The van der Waals surface area contributed by atoms with Gasteiger partial charge in [0.1, 0.15) is 17.9 Å². The Labute approximate surface area is 144 Å². The molecule has 0 aliphatic carbocycles. The average Bonchev–Trinajstić information content (AvgIpc) is 2.59. The number of H-pyrrole nitrogens is 1. The molecule has 26 heavy (non-hydrogen) atoms. The van der Waals surface area contributed by atoms with E-state index in [9.17, 15) is 22.8 Å². The number of fused-ring (bicyclic) bond motifs is 1. The Morgan fingerprint density at radius 3 is 2.58 bits per heavy atom. The Hall–Kier alpha value is -3.29. The fourth-order valence-corrected chi connectivity index (χ4v) is 2.53. The Kier molecular flexibility index (Phi) is 4.41. The van der Waals surface area contributed by atoms with Gasteiger partial charge in [0.25, 0.3) is 0 Å². The minimum atomic E-state index is -4.50. The van der Waals surface area contributed by atoms with Crippen LogP contribution in [0.15, 0.2) is 53.5 Å². The van der Waals surface area contributed by atoms with Crippen LogP contribution in [0.3, 0.4) is 0 Å². The number of halogens is 3. The molecule has 2 N–H and O–H groups in total. The number of carboxylic acids is 1. The summed E-state index contributed by atoms with van der Waals surface area (Å²) in [6.07, 6.45) is -3.41. The van der Waals surface area contributed by atoms with Crippen molar-refractivity contribution in [2.75, 3.05) is 0 Å². The summed E-state index contributed by atoms with van der Waals surface area (Å²) < 4.78 is 44.4. The summed E-state index contributed by atoms with van der Waals surface area (Å²) in [5.41, 5.74) is -1.59. The van der Waals surface area contributed by atoms with E-state index in [-0.39, 0.29) is 23.3 Å². The highest BCUT2D eigenvalue weighted by Gasteiger charge is 2.32. The maximum Gasteiger partial charge on any atom is 0.416 e. The number of aromatic carboxylic acids is 1. The van der Waals surface area contributed by atoms with Crippen LogP contribution in [0.4, 0.5) is 13.2 Å². The molecule has 0 saturated heterocycles. The number of carboxylic acid groups (broad SMARTS) is 1. The van der Waals surface area contributed by atoms with E-state index in [2.05, 4.69) is 4.98 Å². The van der Waals surface area contributed by atoms with Gasteiger partial charge >= 0.3 is 12.1 Å².